The Labute approximate surface area is 121 Å². The van der Waals surface area contributed by atoms with Crippen LogP contribution in [-0.4, -0.2) is 28.7 Å². The largest absolute Gasteiger partial charge is 0.370 e. The number of ether oxygens (including phenoxy) is 1. The summed E-state index contributed by atoms with van der Waals surface area (Å²) in [5.41, 5.74) is 1.14. The third-order valence-electron chi connectivity index (χ3n) is 3.09. The van der Waals surface area contributed by atoms with Crippen LogP contribution in [-0.2, 0) is 11.3 Å². The highest BCUT2D eigenvalue weighted by atomic mass is 32.2. The van der Waals surface area contributed by atoms with Gasteiger partial charge in [0.05, 0.1) is 12.2 Å². The van der Waals surface area contributed by atoms with E-state index in [9.17, 15) is 0 Å². The molecule has 104 valence electrons. The summed E-state index contributed by atoms with van der Waals surface area (Å²) in [7, 11) is 0. The Morgan fingerprint density at radius 1 is 1.21 bits per heavy atom. The number of benzene rings is 1. The highest BCUT2D eigenvalue weighted by Crippen LogP contribution is 2.23. The monoisotopic (exact) mass is 277 g/mol. The minimum Gasteiger partial charge on any atom is -0.370 e. The number of nitrogens with zero attached hydrogens (tertiary/aromatic N) is 1. The van der Waals surface area contributed by atoms with E-state index in [0.29, 0.717) is 6.61 Å². The van der Waals surface area contributed by atoms with Gasteiger partial charge in [-0.1, -0.05) is 54.4 Å². The Bertz CT molecular complexity index is 402. The van der Waals surface area contributed by atoms with Crippen molar-refractivity contribution in [1.29, 1.82) is 0 Å². The van der Waals surface area contributed by atoms with Gasteiger partial charge in [-0.15, -0.1) is 0 Å². The zero-order valence-electron chi connectivity index (χ0n) is 11.8. The van der Waals surface area contributed by atoms with E-state index >= 15 is 0 Å². The maximum Gasteiger partial charge on any atom is 0.0733 e. The average Bonchev–Trinajstić information content (AvgIpc) is 2.46. The SMILES string of the molecule is CC(C)(CSN1CC=CCC1)OCc1ccccc1. The van der Waals surface area contributed by atoms with Crippen LogP contribution >= 0.6 is 11.9 Å². The maximum atomic E-state index is 6.04. The van der Waals surface area contributed by atoms with Gasteiger partial charge in [0.15, 0.2) is 0 Å². The summed E-state index contributed by atoms with van der Waals surface area (Å²) in [5, 5.41) is 0. The molecule has 0 aromatic heterocycles. The minimum absolute atomic E-state index is 0.0956. The van der Waals surface area contributed by atoms with Gasteiger partial charge in [0.1, 0.15) is 0 Å². The van der Waals surface area contributed by atoms with Crippen molar-refractivity contribution in [3.8, 4) is 0 Å². The third-order valence-corrected chi connectivity index (χ3v) is 4.61. The van der Waals surface area contributed by atoms with Crippen molar-refractivity contribution in [2.75, 3.05) is 18.8 Å². The molecule has 1 aromatic rings. The second kappa shape index (κ2) is 7.13. The summed E-state index contributed by atoms with van der Waals surface area (Å²) >= 11 is 1.90. The smallest absolute Gasteiger partial charge is 0.0733 e. The first-order valence-electron chi connectivity index (χ1n) is 6.86. The Hall–Kier alpha value is -0.770. The van der Waals surface area contributed by atoms with Crippen molar-refractivity contribution in [1.82, 2.24) is 4.31 Å². The van der Waals surface area contributed by atoms with E-state index < -0.39 is 0 Å². The molecule has 0 aliphatic carbocycles. The van der Waals surface area contributed by atoms with Gasteiger partial charge in [-0.3, -0.25) is 0 Å². The van der Waals surface area contributed by atoms with Gasteiger partial charge >= 0.3 is 0 Å². The van der Waals surface area contributed by atoms with E-state index in [0.717, 1.165) is 25.3 Å². The molecule has 0 radical (unpaired) electrons. The molecule has 0 saturated heterocycles. The zero-order chi connectivity index (χ0) is 13.6. The molecule has 3 heteroatoms. The quantitative estimate of drug-likeness (QED) is 0.578. The molecule has 1 aliphatic heterocycles. The van der Waals surface area contributed by atoms with Crippen molar-refractivity contribution in [3.63, 3.8) is 0 Å². The molecule has 0 bridgehead atoms. The highest BCUT2D eigenvalue weighted by Gasteiger charge is 2.20. The lowest BCUT2D eigenvalue weighted by Crippen LogP contribution is -2.31. The van der Waals surface area contributed by atoms with Crippen LogP contribution in [0.4, 0.5) is 0 Å². The molecule has 0 N–H and O–H groups in total. The second-order valence-corrected chi connectivity index (χ2v) is 6.52. The first-order valence-corrected chi connectivity index (χ1v) is 7.81. The lowest BCUT2D eigenvalue weighted by atomic mass is 10.2. The summed E-state index contributed by atoms with van der Waals surface area (Å²) < 4.78 is 8.45. The molecule has 2 nitrogen and oxygen atoms in total. The van der Waals surface area contributed by atoms with Gasteiger partial charge in [-0.05, 0) is 25.8 Å². The summed E-state index contributed by atoms with van der Waals surface area (Å²) in [5.74, 6) is 0.994. The van der Waals surface area contributed by atoms with Crippen LogP contribution in [0.5, 0.6) is 0 Å². The predicted octanol–water partition coefficient (Wildman–Crippen LogP) is 3.89. The van der Waals surface area contributed by atoms with Crippen molar-refractivity contribution >= 4 is 11.9 Å². The summed E-state index contributed by atoms with van der Waals surface area (Å²) in [4.78, 5) is 0. The van der Waals surface area contributed by atoms with Crippen molar-refractivity contribution in [3.05, 3.63) is 48.0 Å². The normalized spacial score (nSPS) is 16.7. The minimum atomic E-state index is -0.0956. The van der Waals surface area contributed by atoms with Gasteiger partial charge in [0, 0.05) is 18.8 Å². The summed E-state index contributed by atoms with van der Waals surface area (Å²) in [6.07, 6.45) is 5.67. The third kappa shape index (κ3) is 5.39. The predicted molar refractivity (Wildman–Crippen MR) is 83.1 cm³/mol. The molecule has 1 aliphatic rings. The standard InChI is InChI=1S/C16H23NOS/c1-16(2,14-19-17-11-7-4-8-12-17)18-13-15-9-5-3-6-10-15/h3-7,9-10H,8,11-14H2,1-2H3. The van der Waals surface area contributed by atoms with Crippen LogP contribution in [0.15, 0.2) is 42.5 Å². The topological polar surface area (TPSA) is 12.5 Å². The fourth-order valence-electron chi connectivity index (χ4n) is 1.88. The Kier molecular flexibility index (Phi) is 5.49. The van der Waals surface area contributed by atoms with Gasteiger partial charge in [-0.25, -0.2) is 4.31 Å². The van der Waals surface area contributed by atoms with Gasteiger partial charge in [-0.2, -0.15) is 0 Å². The lowest BCUT2D eigenvalue weighted by Gasteiger charge is -2.29. The molecule has 19 heavy (non-hydrogen) atoms. The first kappa shape index (κ1) is 14.6. The van der Waals surface area contributed by atoms with Crippen LogP contribution in [0, 0.1) is 0 Å². The molecule has 2 rings (SSSR count). The zero-order valence-corrected chi connectivity index (χ0v) is 12.7. The highest BCUT2D eigenvalue weighted by molar-refractivity contribution is 7.97. The van der Waals surface area contributed by atoms with E-state index in [1.54, 1.807) is 0 Å². The molecule has 0 saturated carbocycles. The molecular formula is C16H23NOS. The van der Waals surface area contributed by atoms with Crippen LogP contribution in [0.2, 0.25) is 0 Å². The van der Waals surface area contributed by atoms with Gasteiger partial charge in [0.25, 0.3) is 0 Å². The first-order chi connectivity index (χ1) is 9.16. The van der Waals surface area contributed by atoms with E-state index in [2.05, 4.69) is 54.6 Å². The fraction of sp³-hybridized carbons (Fsp3) is 0.500. The van der Waals surface area contributed by atoms with E-state index in [-0.39, 0.29) is 5.60 Å². The molecule has 1 aromatic carbocycles. The Morgan fingerprint density at radius 2 is 2.00 bits per heavy atom. The van der Waals surface area contributed by atoms with Crippen LogP contribution in [0.3, 0.4) is 0 Å². The average molecular weight is 277 g/mol. The molecular weight excluding hydrogens is 254 g/mol. The van der Waals surface area contributed by atoms with Crippen LogP contribution in [0.25, 0.3) is 0 Å². The second-order valence-electron chi connectivity index (χ2n) is 5.46. The summed E-state index contributed by atoms with van der Waals surface area (Å²) in [6, 6.07) is 10.4. The number of hydrogen-bond donors (Lipinski definition) is 0. The lowest BCUT2D eigenvalue weighted by molar-refractivity contribution is -0.0116. The molecule has 0 amide bonds. The molecule has 1 heterocycles. The summed E-state index contributed by atoms with van der Waals surface area (Å²) in [6.45, 7) is 7.23. The molecule has 0 fully saturated rings. The molecule has 0 spiro atoms. The maximum absolute atomic E-state index is 6.04. The van der Waals surface area contributed by atoms with Gasteiger partial charge < -0.3 is 4.74 Å². The van der Waals surface area contributed by atoms with Gasteiger partial charge in [0.2, 0.25) is 0 Å². The molecule has 0 atom stereocenters. The Balaban J connectivity index is 1.73. The van der Waals surface area contributed by atoms with Crippen molar-refractivity contribution < 1.29 is 4.74 Å². The van der Waals surface area contributed by atoms with Crippen LogP contribution < -0.4 is 0 Å². The van der Waals surface area contributed by atoms with E-state index in [1.807, 2.05) is 18.0 Å². The van der Waals surface area contributed by atoms with E-state index in [1.165, 1.54) is 5.56 Å². The fourth-order valence-corrected chi connectivity index (χ4v) is 2.88. The number of hydrogen-bond acceptors (Lipinski definition) is 3. The van der Waals surface area contributed by atoms with Crippen molar-refractivity contribution in [2.45, 2.75) is 32.5 Å². The van der Waals surface area contributed by atoms with E-state index in [4.69, 9.17) is 4.74 Å². The Morgan fingerprint density at radius 3 is 2.68 bits per heavy atom. The van der Waals surface area contributed by atoms with Crippen LogP contribution in [0.1, 0.15) is 25.8 Å². The number of rotatable bonds is 6. The van der Waals surface area contributed by atoms with Crippen molar-refractivity contribution in [2.24, 2.45) is 0 Å². The molecule has 0 unspecified atom stereocenters.